The first kappa shape index (κ1) is 27.4. The number of hydrogen-bond donors (Lipinski definition) is 0. The van der Waals surface area contributed by atoms with E-state index in [9.17, 15) is 10.5 Å². The van der Waals surface area contributed by atoms with Crippen molar-refractivity contribution >= 4 is 99.3 Å². The summed E-state index contributed by atoms with van der Waals surface area (Å²) in [4.78, 5) is 0. The maximum atomic E-state index is 9.67. The molecule has 0 aliphatic rings. The zero-order valence-corrected chi connectivity index (χ0v) is 28.0. The van der Waals surface area contributed by atoms with Crippen molar-refractivity contribution in [3.8, 4) is 23.5 Å². The predicted octanol–water partition coefficient (Wildman–Crippen LogP) is 10.9. The van der Waals surface area contributed by atoms with Gasteiger partial charge in [-0.25, -0.2) is 0 Å². The van der Waals surface area contributed by atoms with Gasteiger partial charge < -0.3 is 0 Å². The molecule has 0 radical (unpaired) electrons. The molecule has 0 saturated carbocycles. The minimum absolute atomic E-state index is 0.181. The third kappa shape index (κ3) is 3.64. The summed E-state index contributed by atoms with van der Waals surface area (Å²) in [6.45, 7) is 0. The quantitative estimate of drug-likeness (QED) is 0.169. The fraction of sp³-hybridized carbons (Fsp3) is 0. The van der Waals surface area contributed by atoms with E-state index in [1.165, 1.54) is 30.1 Å². The van der Waals surface area contributed by atoms with Crippen LogP contribution < -0.4 is 0 Å². The molecule has 0 saturated heterocycles. The number of hydrogen-bond acceptors (Lipinski definition) is 3. The van der Waals surface area contributed by atoms with Crippen LogP contribution in [-0.2, 0) is 0 Å². The Morgan fingerprint density at radius 3 is 1.74 bits per heavy atom. The minimum atomic E-state index is 0.181. The first-order valence-corrected chi connectivity index (χ1v) is 18.1. The van der Waals surface area contributed by atoms with Gasteiger partial charge in [0.25, 0.3) is 0 Å². The van der Waals surface area contributed by atoms with Gasteiger partial charge >= 0.3 is 292 Å². The van der Waals surface area contributed by atoms with Gasteiger partial charge in [-0.2, -0.15) is 0 Å². The summed E-state index contributed by atoms with van der Waals surface area (Å²) in [5.41, 5.74) is 9.48. The van der Waals surface area contributed by atoms with Crippen molar-refractivity contribution in [3.05, 3.63) is 145 Å². The summed E-state index contributed by atoms with van der Waals surface area (Å²) in [5.74, 6) is 0. The number of para-hydroxylation sites is 2. The Hall–Kier alpha value is -6.56. The van der Waals surface area contributed by atoms with Crippen molar-refractivity contribution in [1.82, 2.24) is 9.13 Å². The summed E-state index contributed by atoms with van der Waals surface area (Å²) < 4.78 is 13.8. The molecular formula is C44H22N4OSe. The van der Waals surface area contributed by atoms with Crippen LogP contribution in [0.15, 0.2) is 138 Å². The molecule has 0 unspecified atom stereocenters. The van der Waals surface area contributed by atoms with E-state index < -0.39 is 0 Å². The van der Waals surface area contributed by atoms with E-state index in [2.05, 4.69) is 106 Å². The van der Waals surface area contributed by atoms with Gasteiger partial charge in [0, 0.05) is 0 Å². The van der Waals surface area contributed by atoms with Gasteiger partial charge in [-0.1, -0.05) is 0 Å². The van der Waals surface area contributed by atoms with Crippen LogP contribution in [-0.4, -0.2) is 23.6 Å². The van der Waals surface area contributed by atoms with E-state index in [1.54, 1.807) is 0 Å². The second kappa shape index (κ2) is 9.98. The molecule has 0 amide bonds. The van der Waals surface area contributed by atoms with E-state index in [0.29, 0.717) is 11.1 Å². The Kier molecular flexibility index (Phi) is 5.47. The number of nitrogens with zero attached hydrogens (tertiary/aromatic N) is 4. The number of fused-ring (bicyclic) bond motifs is 13. The number of furan rings is 1. The summed E-state index contributed by atoms with van der Waals surface area (Å²) in [6.07, 6.45) is 0. The summed E-state index contributed by atoms with van der Waals surface area (Å²) in [6, 6.07) is 51.2. The Balaban J connectivity index is 1.19. The molecule has 4 aromatic heterocycles. The first-order chi connectivity index (χ1) is 24.7. The molecule has 0 aliphatic carbocycles. The molecule has 5 nitrogen and oxygen atoms in total. The normalized spacial score (nSPS) is 12.0. The SMILES string of the molecule is N#Cc1ccc2c(c1)c1cc(C#N)ccc1n2-c1ccc2[se]c3ccc(-n4c5ccccc5c5ccc6oc7ccccc7c6c54)cc3c2c1. The van der Waals surface area contributed by atoms with Crippen molar-refractivity contribution in [2.75, 3.05) is 0 Å². The first-order valence-electron chi connectivity index (χ1n) is 16.4. The Labute approximate surface area is 290 Å². The molecule has 6 heteroatoms. The van der Waals surface area contributed by atoms with Crippen LogP contribution in [0.25, 0.3) is 96.2 Å². The zero-order chi connectivity index (χ0) is 33.1. The van der Waals surface area contributed by atoms with Crippen molar-refractivity contribution in [2.24, 2.45) is 0 Å². The van der Waals surface area contributed by atoms with Gasteiger partial charge in [-0.3, -0.25) is 0 Å². The molecule has 0 fully saturated rings. The van der Waals surface area contributed by atoms with Crippen LogP contribution in [0.4, 0.5) is 0 Å². The number of aromatic nitrogens is 2. The molecule has 230 valence electrons. The molecule has 0 spiro atoms. The molecule has 11 aromatic rings. The number of nitriles is 2. The fourth-order valence-electron chi connectivity index (χ4n) is 8.01. The van der Waals surface area contributed by atoms with Crippen molar-refractivity contribution in [2.45, 2.75) is 0 Å². The van der Waals surface area contributed by atoms with Crippen molar-refractivity contribution < 1.29 is 4.42 Å². The fourth-order valence-corrected chi connectivity index (χ4v) is 10.2. The van der Waals surface area contributed by atoms with Crippen LogP contribution in [0.2, 0.25) is 0 Å². The van der Waals surface area contributed by atoms with Crippen molar-refractivity contribution in [1.29, 1.82) is 10.5 Å². The standard InChI is InChI=1S/C44H22N4OSe/c45-23-25-9-14-37-32(19-25)33-20-26(24-46)10-15-38(33)47(37)27-11-17-41-34(21-27)35-22-28(12-18-42(35)50-41)48-36-7-3-1-5-29(36)30-13-16-40-43(44(30)48)31-6-2-4-8-39(31)49-40/h1-22H. The van der Waals surface area contributed by atoms with Crippen LogP contribution in [0, 0.1) is 22.7 Å². The zero-order valence-electron chi connectivity index (χ0n) is 26.3. The van der Waals surface area contributed by atoms with E-state index in [4.69, 9.17) is 4.42 Å². The van der Waals surface area contributed by atoms with Gasteiger partial charge in [-0.05, 0) is 0 Å². The Morgan fingerprint density at radius 1 is 0.460 bits per heavy atom. The third-order valence-corrected chi connectivity index (χ3v) is 12.6. The van der Waals surface area contributed by atoms with Crippen LogP contribution >= 0.6 is 0 Å². The summed E-state index contributed by atoms with van der Waals surface area (Å²) >= 11 is 0.181. The predicted molar refractivity (Wildman–Crippen MR) is 204 cm³/mol. The van der Waals surface area contributed by atoms with E-state index in [0.717, 1.165) is 66.2 Å². The van der Waals surface area contributed by atoms with Gasteiger partial charge in [0.1, 0.15) is 0 Å². The third-order valence-electron chi connectivity index (χ3n) is 10.2. The summed E-state index contributed by atoms with van der Waals surface area (Å²) in [7, 11) is 0. The number of benzene rings is 7. The molecule has 0 N–H and O–H groups in total. The van der Waals surface area contributed by atoms with Crippen LogP contribution in [0.3, 0.4) is 0 Å². The molecule has 50 heavy (non-hydrogen) atoms. The van der Waals surface area contributed by atoms with Gasteiger partial charge in [0.2, 0.25) is 0 Å². The maximum absolute atomic E-state index is 9.67. The average molecular weight is 702 g/mol. The van der Waals surface area contributed by atoms with Gasteiger partial charge in [0.05, 0.1) is 0 Å². The Bertz CT molecular complexity index is 3290. The second-order valence-electron chi connectivity index (χ2n) is 12.8. The van der Waals surface area contributed by atoms with E-state index in [-0.39, 0.29) is 14.5 Å². The topological polar surface area (TPSA) is 70.6 Å². The average Bonchev–Trinajstić information content (AvgIpc) is 3.91. The van der Waals surface area contributed by atoms with Gasteiger partial charge in [-0.15, -0.1) is 0 Å². The van der Waals surface area contributed by atoms with Gasteiger partial charge in [0.15, 0.2) is 0 Å². The summed E-state index contributed by atoms with van der Waals surface area (Å²) in [5, 5.41) is 28.5. The monoisotopic (exact) mass is 702 g/mol. The molecule has 7 aromatic carbocycles. The molecule has 0 bridgehead atoms. The van der Waals surface area contributed by atoms with Crippen LogP contribution in [0.5, 0.6) is 0 Å². The Morgan fingerprint density at radius 2 is 1.06 bits per heavy atom. The second-order valence-corrected chi connectivity index (χ2v) is 15.0. The molecule has 0 atom stereocenters. The molecular weight excluding hydrogens is 679 g/mol. The molecule has 11 rings (SSSR count). The number of rotatable bonds is 2. The van der Waals surface area contributed by atoms with E-state index in [1.807, 2.05) is 48.5 Å². The van der Waals surface area contributed by atoms with E-state index >= 15 is 0 Å². The molecule has 4 heterocycles. The van der Waals surface area contributed by atoms with Crippen molar-refractivity contribution in [3.63, 3.8) is 0 Å². The van der Waals surface area contributed by atoms with Crippen LogP contribution in [0.1, 0.15) is 11.1 Å². The molecule has 0 aliphatic heterocycles.